The van der Waals surface area contributed by atoms with Gasteiger partial charge in [-0.25, -0.2) is 0 Å². The van der Waals surface area contributed by atoms with Gasteiger partial charge in [-0.2, -0.15) is 8.42 Å². The van der Waals surface area contributed by atoms with Crippen molar-refractivity contribution in [2.75, 3.05) is 12.9 Å². The first-order chi connectivity index (χ1) is 9.93. The second-order valence-corrected chi connectivity index (χ2v) is 7.23. The fourth-order valence-electron chi connectivity index (χ4n) is 2.13. The molecule has 0 radical (unpaired) electrons. The van der Waals surface area contributed by atoms with Crippen LogP contribution in [0, 0.1) is 0 Å². The standard InChI is InChI=1S/C15H30O5S.Na.H/c1-3-4-5-6-7-8-9-10-11-12-14(16)15(17)13-21(18,19)20-2;;/h15,17H,3-13H2,1-2H3;;. The third kappa shape index (κ3) is 14.2. The summed E-state index contributed by atoms with van der Waals surface area (Å²) in [6, 6.07) is 0. The topological polar surface area (TPSA) is 80.7 Å². The van der Waals surface area contributed by atoms with E-state index in [2.05, 4.69) is 11.1 Å². The van der Waals surface area contributed by atoms with Crippen LogP contribution < -0.4 is 0 Å². The summed E-state index contributed by atoms with van der Waals surface area (Å²) in [4.78, 5) is 11.6. The molecule has 0 aromatic rings. The Hall–Kier alpha value is 0.540. The van der Waals surface area contributed by atoms with Gasteiger partial charge in [-0.05, 0) is 6.42 Å². The molecule has 0 spiro atoms. The predicted molar refractivity (Wildman–Crippen MR) is 90.8 cm³/mol. The van der Waals surface area contributed by atoms with Crippen LogP contribution in [0.1, 0.15) is 71.1 Å². The van der Waals surface area contributed by atoms with E-state index in [4.69, 9.17) is 0 Å². The first-order valence-electron chi connectivity index (χ1n) is 7.92. The molecule has 0 saturated carbocycles. The number of hydrogen-bond donors (Lipinski definition) is 1. The summed E-state index contributed by atoms with van der Waals surface area (Å²) in [6.07, 6.45) is 9.06. The van der Waals surface area contributed by atoms with Gasteiger partial charge in [0, 0.05) is 6.42 Å². The Labute approximate surface area is 157 Å². The normalized spacial score (nSPS) is 12.7. The third-order valence-corrected chi connectivity index (χ3v) is 4.75. The molecule has 1 atom stereocenters. The van der Waals surface area contributed by atoms with Crippen LogP contribution in [0.25, 0.3) is 0 Å². The zero-order chi connectivity index (χ0) is 16.1. The van der Waals surface area contributed by atoms with Crippen LogP contribution in [-0.2, 0) is 19.1 Å². The van der Waals surface area contributed by atoms with Gasteiger partial charge in [0.1, 0.15) is 11.9 Å². The van der Waals surface area contributed by atoms with E-state index >= 15 is 0 Å². The van der Waals surface area contributed by atoms with Crippen LogP contribution in [-0.4, -0.2) is 67.8 Å². The molecule has 0 aliphatic rings. The maximum atomic E-state index is 11.6. The molecule has 128 valence electrons. The SMILES string of the molecule is CCCCCCCCCCCC(=O)C(O)CS(=O)(=O)OC.[NaH]. The van der Waals surface area contributed by atoms with E-state index in [1.807, 2.05) is 0 Å². The fraction of sp³-hybridized carbons (Fsp3) is 0.933. The van der Waals surface area contributed by atoms with E-state index < -0.39 is 27.8 Å². The number of carbonyl (C=O) groups excluding carboxylic acids is 1. The Morgan fingerprint density at radius 3 is 1.91 bits per heavy atom. The summed E-state index contributed by atoms with van der Waals surface area (Å²) in [5, 5.41) is 9.50. The molecular weight excluding hydrogens is 315 g/mol. The summed E-state index contributed by atoms with van der Waals surface area (Å²) in [5.41, 5.74) is 0. The first-order valence-corrected chi connectivity index (χ1v) is 9.49. The minimum atomic E-state index is -3.78. The molecule has 7 heteroatoms. The van der Waals surface area contributed by atoms with Crippen molar-refractivity contribution in [1.82, 2.24) is 0 Å². The van der Waals surface area contributed by atoms with Gasteiger partial charge in [-0.3, -0.25) is 8.98 Å². The van der Waals surface area contributed by atoms with Gasteiger partial charge < -0.3 is 5.11 Å². The van der Waals surface area contributed by atoms with Gasteiger partial charge in [-0.15, -0.1) is 0 Å². The van der Waals surface area contributed by atoms with Crippen molar-refractivity contribution in [3.8, 4) is 0 Å². The van der Waals surface area contributed by atoms with Gasteiger partial charge in [0.25, 0.3) is 10.1 Å². The van der Waals surface area contributed by atoms with Crippen molar-refractivity contribution in [2.24, 2.45) is 0 Å². The summed E-state index contributed by atoms with van der Waals surface area (Å²) < 4.78 is 26.4. The van der Waals surface area contributed by atoms with E-state index in [9.17, 15) is 18.3 Å². The van der Waals surface area contributed by atoms with Gasteiger partial charge in [0.2, 0.25) is 0 Å². The number of aliphatic hydroxyl groups is 1. The Balaban J connectivity index is 0. The van der Waals surface area contributed by atoms with Crippen molar-refractivity contribution in [3.05, 3.63) is 0 Å². The Kier molecular flexibility index (Phi) is 17.0. The van der Waals surface area contributed by atoms with Crippen LogP contribution >= 0.6 is 0 Å². The second-order valence-electron chi connectivity index (χ2n) is 5.45. The zero-order valence-electron chi connectivity index (χ0n) is 13.3. The number of hydrogen-bond acceptors (Lipinski definition) is 5. The molecule has 1 N–H and O–H groups in total. The number of unbranched alkanes of at least 4 members (excludes halogenated alkanes) is 8. The molecule has 0 rings (SSSR count). The minimum absolute atomic E-state index is 0. The Morgan fingerprint density at radius 1 is 1.00 bits per heavy atom. The fourth-order valence-corrected chi connectivity index (χ4v) is 2.84. The molecule has 0 fully saturated rings. The second kappa shape index (κ2) is 15.1. The van der Waals surface area contributed by atoms with Crippen LogP contribution in [0.15, 0.2) is 0 Å². The summed E-state index contributed by atoms with van der Waals surface area (Å²) >= 11 is 0. The monoisotopic (exact) mass is 346 g/mol. The summed E-state index contributed by atoms with van der Waals surface area (Å²) in [7, 11) is -2.76. The Morgan fingerprint density at radius 2 is 1.45 bits per heavy atom. The van der Waals surface area contributed by atoms with Crippen molar-refractivity contribution in [1.29, 1.82) is 0 Å². The van der Waals surface area contributed by atoms with E-state index in [1.54, 1.807) is 0 Å². The van der Waals surface area contributed by atoms with Crippen LogP contribution in [0.4, 0.5) is 0 Å². The number of Topliss-reactive ketones (excluding diaryl/α,β-unsaturated/α-hetero) is 1. The maximum absolute atomic E-state index is 11.6. The van der Waals surface area contributed by atoms with Crippen LogP contribution in [0.5, 0.6) is 0 Å². The average Bonchev–Trinajstić information content (AvgIpc) is 2.44. The van der Waals surface area contributed by atoms with Crippen LogP contribution in [0.3, 0.4) is 0 Å². The van der Waals surface area contributed by atoms with Crippen molar-refractivity contribution in [2.45, 2.75) is 77.2 Å². The molecule has 0 heterocycles. The molecule has 1 unspecified atom stereocenters. The van der Waals surface area contributed by atoms with Gasteiger partial charge in [-0.1, -0.05) is 58.3 Å². The molecule has 22 heavy (non-hydrogen) atoms. The summed E-state index contributed by atoms with van der Waals surface area (Å²) in [6.45, 7) is 2.20. The average molecular weight is 346 g/mol. The van der Waals surface area contributed by atoms with E-state index in [1.165, 1.54) is 38.5 Å². The number of carbonyl (C=O) groups is 1. The molecule has 0 saturated heterocycles. The molecule has 0 bridgehead atoms. The van der Waals surface area contributed by atoms with Gasteiger partial charge >= 0.3 is 29.6 Å². The Bertz CT molecular complexity index is 370. The van der Waals surface area contributed by atoms with Gasteiger partial charge in [0.15, 0.2) is 5.78 Å². The molecule has 0 aromatic heterocycles. The zero-order valence-corrected chi connectivity index (χ0v) is 14.2. The number of ketones is 1. The molecule has 5 nitrogen and oxygen atoms in total. The van der Waals surface area contributed by atoms with E-state index in [-0.39, 0.29) is 36.0 Å². The van der Waals surface area contributed by atoms with Gasteiger partial charge in [0.05, 0.1) is 7.11 Å². The molecule has 0 aromatic carbocycles. The number of rotatable bonds is 14. The number of aliphatic hydroxyl groups excluding tert-OH is 1. The quantitative estimate of drug-likeness (QED) is 0.296. The van der Waals surface area contributed by atoms with E-state index in [0.717, 1.165) is 20.0 Å². The first kappa shape index (κ1) is 24.8. The third-order valence-electron chi connectivity index (χ3n) is 3.51. The van der Waals surface area contributed by atoms with Crippen molar-refractivity contribution in [3.63, 3.8) is 0 Å². The van der Waals surface area contributed by atoms with Crippen LogP contribution in [0.2, 0.25) is 0 Å². The van der Waals surface area contributed by atoms with Crippen molar-refractivity contribution < 1.29 is 22.5 Å². The summed E-state index contributed by atoms with van der Waals surface area (Å²) in [5.74, 6) is -1.07. The molecular formula is C15H31NaO5S. The molecule has 0 aliphatic heterocycles. The molecule has 0 amide bonds. The predicted octanol–water partition coefficient (Wildman–Crippen LogP) is 2.16. The molecule has 0 aliphatic carbocycles. The van der Waals surface area contributed by atoms with Crippen molar-refractivity contribution >= 4 is 45.5 Å². The van der Waals surface area contributed by atoms with E-state index in [0.29, 0.717) is 6.42 Å².